The predicted octanol–water partition coefficient (Wildman–Crippen LogP) is -0.214. The van der Waals surface area contributed by atoms with Crippen molar-refractivity contribution in [3.63, 3.8) is 0 Å². The quantitative estimate of drug-likeness (QED) is 0.465. The van der Waals surface area contributed by atoms with Crippen LogP contribution in [0.3, 0.4) is 0 Å². The number of nitrogens with one attached hydrogen (secondary N) is 1. The van der Waals surface area contributed by atoms with Gasteiger partial charge in [0.05, 0.1) is 13.3 Å². The molecule has 64 valence electrons. The second-order valence-corrected chi connectivity index (χ2v) is 1.86. The fraction of sp³-hybridized carbons (Fsp3) is 0.167. The van der Waals surface area contributed by atoms with Gasteiger partial charge in [-0.25, -0.2) is 4.79 Å². The minimum Gasteiger partial charge on any atom is -0.462 e. The number of methoxy groups -OCH3 is 1. The van der Waals surface area contributed by atoms with E-state index in [2.05, 4.69) is 19.7 Å². The third kappa shape index (κ3) is 1.82. The van der Waals surface area contributed by atoms with E-state index in [1.807, 2.05) is 0 Å². The first-order chi connectivity index (χ1) is 5.74. The van der Waals surface area contributed by atoms with E-state index in [1.165, 1.54) is 12.5 Å². The molecule has 1 N–H and O–H groups in total. The summed E-state index contributed by atoms with van der Waals surface area (Å²) < 4.78 is 8.57. The van der Waals surface area contributed by atoms with Gasteiger partial charge in [-0.2, -0.15) is 0 Å². The van der Waals surface area contributed by atoms with Crippen molar-refractivity contribution in [2.45, 2.75) is 0 Å². The molecule has 6 heteroatoms. The zero-order valence-corrected chi connectivity index (χ0v) is 6.23. The van der Waals surface area contributed by atoms with Crippen LogP contribution in [0.15, 0.2) is 17.0 Å². The summed E-state index contributed by atoms with van der Waals surface area (Å²) in [5.41, 5.74) is 0.311. The zero-order chi connectivity index (χ0) is 8.97. The monoisotopic (exact) mass is 170 g/mol. The molecular formula is C6H6N2O4. The minimum absolute atomic E-state index is 0.311. The maximum Gasteiger partial charge on any atom is 0.396 e. The summed E-state index contributed by atoms with van der Waals surface area (Å²) in [6.45, 7) is 0. The third-order valence-corrected chi connectivity index (χ3v) is 1.06. The number of carbonyl (C=O) groups excluding carboxylic acids is 2. The van der Waals surface area contributed by atoms with E-state index in [1.54, 1.807) is 0 Å². The summed E-state index contributed by atoms with van der Waals surface area (Å²) in [4.78, 5) is 21.3. The number of amides is 1. The molecule has 0 aliphatic heterocycles. The molecule has 0 spiro atoms. The van der Waals surface area contributed by atoms with E-state index in [4.69, 9.17) is 0 Å². The second kappa shape index (κ2) is 3.51. The molecule has 0 fully saturated rings. The number of anilines is 1. The van der Waals surface area contributed by atoms with Crippen molar-refractivity contribution in [2.75, 3.05) is 12.4 Å². The molecule has 1 amide bonds. The van der Waals surface area contributed by atoms with Crippen LogP contribution in [0, 0.1) is 0 Å². The van der Waals surface area contributed by atoms with E-state index >= 15 is 0 Å². The number of hydrogen-bond acceptors (Lipinski definition) is 5. The van der Waals surface area contributed by atoms with Crippen LogP contribution in [0.5, 0.6) is 0 Å². The molecule has 0 radical (unpaired) electrons. The van der Waals surface area contributed by atoms with Gasteiger partial charge in [0.2, 0.25) is 0 Å². The Morgan fingerprint density at radius 2 is 2.42 bits per heavy atom. The van der Waals surface area contributed by atoms with Gasteiger partial charge in [0.25, 0.3) is 0 Å². The van der Waals surface area contributed by atoms with Gasteiger partial charge < -0.3 is 14.6 Å². The molecule has 0 saturated carbocycles. The average molecular weight is 170 g/mol. The van der Waals surface area contributed by atoms with Crippen molar-refractivity contribution < 1.29 is 18.8 Å². The van der Waals surface area contributed by atoms with Crippen molar-refractivity contribution in [3.8, 4) is 0 Å². The Kier molecular flexibility index (Phi) is 2.42. The average Bonchev–Trinajstić information content (AvgIpc) is 2.55. The van der Waals surface area contributed by atoms with Crippen LogP contribution >= 0.6 is 0 Å². The Morgan fingerprint density at radius 1 is 1.67 bits per heavy atom. The van der Waals surface area contributed by atoms with Crippen LogP contribution < -0.4 is 5.32 Å². The van der Waals surface area contributed by atoms with Crippen molar-refractivity contribution in [1.29, 1.82) is 0 Å². The zero-order valence-electron chi connectivity index (χ0n) is 6.23. The van der Waals surface area contributed by atoms with Crippen molar-refractivity contribution in [2.24, 2.45) is 0 Å². The first kappa shape index (κ1) is 8.25. The highest BCUT2D eigenvalue weighted by Crippen LogP contribution is 2.02. The predicted molar refractivity (Wildman–Crippen MR) is 37.1 cm³/mol. The molecular weight excluding hydrogens is 164 g/mol. The summed E-state index contributed by atoms with van der Waals surface area (Å²) in [5, 5.41) is 5.52. The molecule has 0 atom stereocenters. The maximum absolute atomic E-state index is 10.8. The molecule has 1 heterocycles. The minimum atomic E-state index is -0.962. The lowest BCUT2D eigenvalue weighted by molar-refractivity contribution is -0.150. The van der Waals surface area contributed by atoms with Gasteiger partial charge in [-0.1, -0.05) is 5.16 Å². The molecule has 0 aromatic carbocycles. The smallest absolute Gasteiger partial charge is 0.396 e. The number of esters is 1. The highest BCUT2D eigenvalue weighted by molar-refractivity contribution is 6.37. The molecule has 0 bridgehead atoms. The lowest BCUT2D eigenvalue weighted by Gasteiger charge is -1.97. The summed E-state index contributed by atoms with van der Waals surface area (Å²) in [5.74, 6) is -1.82. The van der Waals surface area contributed by atoms with Crippen LogP contribution in [0.25, 0.3) is 0 Å². The molecule has 6 nitrogen and oxygen atoms in total. The number of ether oxygens (including phenoxy) is 1. The molecule has 1 rings (SSSR count). The molecule has 0 aliphatic rings. The van der Waals surface area contributed by atoms with Crippen LogP contribution in [0.2, 0.25) is 0 Å². The fourth-order valence-corrected chi connectivity index (χ4v) is 0.541. The van der Waals surface area contributed by atoms with Gasteiger partial charge in [0.15, 0.2) is 0 Å². The lowest BCUT2D eigenvalue weighted by atomic mass is 10.5. The Bertz CT molecular complexity index is 280. The number of aromatic nitrogens is 1. The summed E-state index contributed by atoms with van der Waals surface area (Å²) >= 11 is 0. The van der Waals surface area contributed by atoms with Crippen molar-refractivity contribution in [1.82, 2.24) is 5.16 Å². The third-order valence-electron chi connectivity index (χ3n) is 1.06. The van der Waals surface area contributed by atoms with Crippen molar-refractivity contribution >= 4 is 17.6 Å². The second-order valence-electron chi connectivity index (χ2n) is 1.86. The van der Waals surface area contributed by atoms with E-state index in [9.17, 15) is 9.59 Å². The molecule has 12 heavy (non-hydrogen) atoms. The Labute approximate surface area is 67.5 Å². The number of carbonyl (C=O) groups is 2. The Morgan fingerprint density at radius 3 is 2.92 bits per heavy atom. The first-order valence-electron chi connectivity index (χ1n) is 3.02. The highest BCUT2D eigenvalue weighted by atomic mass is 16.5. The lowest BCUT2D eigenvalue weighted by Crippen LogP contribution is -2.23. The van der Waals surface area contributed by atoms with Crippen LogP contribution in [-0.2, 0) is 14.3 Å². The van der Waals surface area contributed by atoms with E-state index < -0.39 is 11.9 Å². The SMILES string of the molecule is COC(=O)C(=O)Nc1cnoc1. The molecule has 0 unspecified atom stereocenters. The highest BCUT2D eigenvalue weighted by Gasteiger charge is 2.13. The van der Waals surface area contributed by atoms with E-state index in [0.29, 0.717) is 5.69 Å². The van der Waals surface area contributed by atoms with Crippen LogP contribution in [-0.4, -0.2) is 24.1 Å². The van der Waals surface area contributed by atoms with Gasteiger partial charge in [-0.3, -0.25) is 4.79 Å². The van der Waals surface area contributed by atoms with Gasteiger partial charge in [0, 0.05) is 0 Å². The topological polar surface area (TPSA) is 81.4 Å². The summed E-state index contributed by atoms with van der Waals surface area (Å²) in [6, 6.07) is 0. The van der Waals surface area contributed by atoms with Crippen LogP contribution in [0.4, 0.5) is 5.69 Å². The maximum atomic E-state index is 10.8. The molecule has 0 saturated heterocycles. The van der Waals surface area contributed by atoms with Gasteiger partial charge in [0.1, 0.15) is 12.0 Å². The summed E-state index contributed by atoms with van der Waals surface area (Å²) in [7, 11) is 1.12. The van der Waals surface area contributed by atoms with Gasteiger partial charge >= 0.3 is 11.9 Å². The van der Waals surface area contributed by atoms with Crippen LogP contribution in [0.1, 0.15) is 0 Å². The number of hydrogen-bond donors (Lipinski definition) is 1. The Hall–Kier alpha value is -1.85. The number of nitrogens with zero attached hydrogens (tertiary/aromatic N) is 1. The molecule has 1 aromatic heterocycles. The number of rotatable bonds is 1. The van der Waals surface area contributed by atoms with E-state index in [-0.39, 0.29) is 0 Å². The normalized spacial score (nSPS) is 9.08. The standard InChI is InChI=1S/C6H6N2O4/c1-11-6(10)5(9)8-4-2-7-12-3-4/h2-3H,1H3,(H,8,9). The molecule has 1 aromatic rings. The first-order valence-corrected chi connectivity index (χ1v) is 3.02. The summed E-state index contributed by atoms with van der Waals surface area (Å²) in [6.07, 6.45) is 2.46. The Balaban J connectivity index is 2.53. The van der Waals surface area contributed by atoms with Crippen molar-refractivity contribution in [3.05, 3.63) is 12.5 Å². The molecule has 0 aliphatic carbocycles. The van der Waals surface area contributed by atoms with Gasteiger partial charge in [-0.15, -0.1) is 0 Å². The van der Waals surface area contributed by atoms with E-state index in [0.717, 1.165) is 7.11 Å². The fourth-order valence-electron chi connectivity index (χ4n) is 0.541. The largest absolute Gasteiger partial charge is 0.462 e. The van der Waals surface area contributed by atoms with Gasteiger partial charge in [-0.05, 0) is 0 Å².